The number of rotatable bonds is 6. The van der Waals surface area contributed by atoms with Crippen molar-refractivity contribution < 1.29 is 18.0 Å². The van der Waals surface area contributed by atoms with Gasteiger partial charge >= 0.3 is 0 Å². The molecule has 0 spiro atoms. The molecule has 170 valence electrons. The van der Waals surface area contributed by atoms with Gasteiger partial charge in [-0.15, -0.1) is 0 Å². The minimum atomic E-state index is -3.98. The summed E-state index contributed by atoms with van der Waals surface area (Å²) in [5.41, 5.74) is 1.98. The molecule has 2 amide bonds. The second-order valence-electron chi connectivity index (χ2n) is 8.71. The van der Waals surface area contributed by atoms with E-state index in [4.69, 9.17) is 0 Å². The highest BCUT2D eigenvalue weighted by Gasteiger charge is 2.31. The maximum absolute atomic E-state index is 13.2. The fraction of sp³-hybridized carbons (Fsp3) is 0.417. The molecule has 0 bridgehead atoms. The van der Waals surface area contributed by atoms with Gasteiger partial charge in [0.2, 0.25) is 21.8 Å². The Morgan fingerprint density at radius 2 is 1.81 bits per heavy atom. The van der Waals surface area contributed by atoms with E-state index in [1.165, 1.54) is 6.07 Å². The van der Waals surface area contributed by atoms with Crippen LogP contribution in [0.15, 0.2) is 53.4 Å². The van der Waals surface area contributed by atoms with E-state index in [0.717, 1.165) is 31.2 Å². The SMILES string of the molecule is CC1CCCCC1NC(=O)C(NS(=O)(=O)c1ccc2c(c1)CCC(=O)N2)c1ccccc1. The van der Waals surface area contributed by atoms with Crippen molar-refractivity contribution in [2.75, 3.05) is 5.32 Å². The molecule has 1 saturated carbocycles. The number of benzene rings is 2. The molecule has 2 aromatic carbocycles. The molecule has 32 heavy (non-hydrogen) atoms. The Bertz CT molecular complexity index is 1100. The third-order valence-electron chi connectivity index (χ3n) is 6.39. The topological polar surface area (TPSA) is 104 Å². The molecule has 2 aliphatic rings. The van der Waals surface area contributed by atoms with Crippen LogP contribution in [-0.2, 0) is 26.0 Å². The van der Waals surface area contributed by atoms with Crippen LogP contribution in [0.25, 0.3) is 0 Å². The van der Waals surface area contributed by atoms with Gasteiger partial charge in [0.1, 0.15) is 6.04 Å². The molecule has 3 unspecified atom stereocenters. The summed E-state index contributed by atoms with van der Waals surface area (Å²) in [6.45, 7) is 2.12. The van der Waals surface area contributed by atoms with Crippen LogP contribution in [0.2, 0.25) is 0 Å². The fourth-order valence-corrected chi connectivity index (χ4v) is 5.70. The van der Waals surface area contributed by atoms with Gasteiger partial charge in [-0.2, -0.15) is 4.72 Å². The average Bonchev–Trinajstić information content (AvgIpc) is 2.79. The number of hydrogen-bond donors (Lipinski definition) is 3. The first-order chi connectivity index (χ1) is 15.3. The zero-order valence-electron chi connectivity index (χ0n) is 18.1. The van der Waals surface area contributed by atoms with Crippen molar-refractivity contribution in [1.82, 2.24) is 10.0 Å². The first kappa shape index (κ1) is 22.5. The van der Waals surface area contributed by atoms with Crippen molar-refractivity contribution in [3.05, 3.63) is 59.7 Å². The molecule has 1 fully saturated rings. The second-order valence-corrected chi connectivity index (χ2v) is 10.4. The molecule has 7 nitrogen and oxygen atoms in total. The molecule has 4 rings (SSSR count). The van der Waals surface area contributed by atoms with Crippen LogP contribution in [0, 0.1) is 5.92 Å². The predicted molar refractivity (Wildman–Crippen MR) is 122 cm³/mol. The number of carbonyl (C=O) groups is 2. The van der Waals surface area contributed by atoms with Crippen molar-refractivity contribution in [2.45, 2.75) is 62.4 Å². The van der Waals surface area contributed by atoms with E-state index in [9.17, 15) is 18.0 Å². The molecule has 3 N–H and O–H groups in total. The smallest absolute Gasteiger partial charge is 0.242 e. The summed E-state index contributed by atoms with van der Waals surface area (Å²) < 4.78 is 29.1. The normalized spacial score (nSPS) is 21.8. The van der Waals surface area contributed by atoms with E-state index >= 15 is 0 Å². The molecule has 0 radical (unpaired) electrons. The highest BCUT2D eigenvalue weighted by Crippen LogP contribution is 2.28. The van der Waals surface area contributed by atoms with Crippen molar-refractivity contribution in [2.24, 2.45) is 5.92 Å². The van der Waals surface area contributed by atoms with Crippen LogP contribution in [0.5, 0.6) is 0 Å². The Morgan fingerprint density at radius 1 is 1.06 bits per heavy atom. The quantitative estimate of drug-likeness (QED) is 0.622. The number of carbonyl (C=O) groups excluding carboxylic acids is 2. The van der Waals surface area contributed by atoms with E-state index in [0.29, 0.717) is 30.0 Å². The Hall–Kier alpha value is -2.71. The molecule has 3 atom stereocenters. The van der Waals surface area contributed by atoms with Crippen molar-refractivity contribution in [1.29, 1.82) is 0 Å². The zero-order chi connectivity index (χ0) is 22.7. The van der Waals surface area contributed by atoms with Crippen molar-refractivity contribution >= 4 is 27.5 Å². The Balaban J connectivity index is 1.59. The van der Waals surface area contributed by atoms with Crippen LogP contribution >= 0.6 is 0 Å². The van der Waals surface area contributed by atoms with E-state index in [2.05, 4.69) is 22.3 Å². The summed E-state index contributed by atoms with van der Waals surface area (Å²) in [7, 11) is -3.98. The van der Waals surface area contributed by atoms with Crippen molar-refractivity contribution in [3.8, 4) is 0 Å². The molecular weight excluding hydrogens is 426 g/mol. The summed E-state index contributed by atoms with van der Waals surface area (Å²) in [6.07, 6.45) is 4.96. The Morgan fingerprint density at radius 3 is 2.56 bits per heavy atom. The summed E-state index contributed by atoms with van der Waals surface area (Å²) in [4.78, 5) is 24.9. The van der Waals surface area contributed by atoms with Gasteiger partial charge in [-0.1, -0.05) is 50.1 Å². The van der Waals surface area contributed by atoms with Gasteiger partial charge < -0.3 is 10.6 Å². The lowest BCUT2D eigenvalue weighted by molar-refractivity contribution is -0.124. The highest BCUT2D eigenvalue weighted by atomic mass is 32.2. The molecule has 1 aliphatic heterocycles. The van der Waals surface area contributed by atoms with Crippen LogP contribution in [0.3, 0.4) is 0 Å². The van der Waals surface area contributed by atoms with Gasteiger partial charge in [0, 0.05) is 18.2 Å². The lowest BCUT2D eigenvalue weighted by Gasteiger charge is -2.31. The molecule has 1 aliphatic carbocycles. The number of amides is 2. The van der Waals surface area contributed by atoms with E-state index in [-0.39, 0.29) is 22.8 Å². The van der Waals surface area contributed by atoms with Crippen LogP contribution in [0.4, 0.5) is 5.69 Å². The summed E-state index contributed by atoms with van der Waals surface area (Å²) in [5.74, 6) is -0.0654. The van der Waals surface area contributed by atoms with Gasteiger partial charge in [0.25, 0.3) is 0 Å². The van der Waals surface area contributed by atoms with Crippen molar-refractivity contribution in [3.63, 3.8) is 0 Å². The summed E-state index contributed by atoms with van der Waals surface area (Å²) in [5, 5.41) is 5.84. The van der Waals surface area contributed by atoms with E-state index in [1.54, 1.807) is 36.4 Å². The third-order valence-corrected chi connectivity index (χ3v) is 7.81. The Labute approximate surface area is 189 Å². The number of anilines is 1. The molecule has 1 heterocycles. The third kappa shape index (κ3) is 5.02. The van der Waals surface area contributed by atoms with Crippen LogP contribution in [-0.4, -0.2) is 26.3 Å². The van der Waals surface area contributed by atoms with E-state index in [1.807, 2.05) is 6.07 Å². The number of hydrogen-bond acceptors (Lipinski definition) is 4. The van der Waals surface area contributed by atoms with Crippen LogP contribution < -0.4 is 15.4 Å². The number of nitrogens with one attached hydrogen (secondary N) is 3. The van der Waals surface area contributed by atoms with Crippen LogP contribution in [0.1, 0.15) is 56.2 Å². The lowest BCUT2D eigenvalue weighted by Crippen LogP contribution is -2.47. The molecule has 8 heteroatoms. The summed E-state index contributed by atoms with van der Waals surface area (Å²) in [6, 6.07) is 12.5. The van der Waals surface area contributed by atoms with E-state index < -0.39 is 16.1 Å². The summed E-state index contributed by atoms with van der Waals surface area (Å²) >= 11 is 0. The van der Waals surface area contributed by atoms with Gasteiger partial charge in [-0.25, -0.2) is 8.42 Å². The minimum absolute atomic E-state index is 0.0410. The fourth-order valence-electron chi connectivity index (χ4n) is 4.47. The second kappa shape index (κ2) is 9.42. The molecule has 2 aromatic rings. The Kier molecular flexibility index (Phi) is 6.62. The highest BCUT2D eigenvalue weighted by molar-refractivity contribution is 7.89. The van der Waals surface area contributed by atoms with Gasteiger partial charge in [0.15, 0.2) is 0 Å². The molecule has 0 aromatic heterocycles. The first-order valence-electron chi connectivity index (χ1n) is 11.1. The lowest BCUT2D eigenvalue weighted by atomic mass is 9.85. The first-order valence-corrected chi connectivity index (χ1v) is 12.6. The molecular formula is C24H29N3O4S. The number of sulfonamides is 1. The predicted octanol–water partition coefficient (Wildman–Crippen LogP) is 3.29. The monoisotopic (exact) mass is 455 g/mol. The standard InChI is InChI=1S/C24H29N3O4S/c1-16-7-5-6-10-20(16)26-24(29)23(17-8-3-2-4-9-17)27-32(30,31)19-12-13-21-18(15-19)11-14-22(28)25-21/h2-4,8-9,12-13,15-16,20,23,27H,5-7,10-11,14H2,1H3,(H,25,28)(H,26,29). The largest absolute Gasteiger partial charge is 0.351 e. The van der Waals surface area contributed by atoms with Gasteiger partial charge in [-0.05, 0) is 54.5 Å². The minimum Gasteiger partial charge on any atom is -0.351 e. The van der Waals surface area contributed by atoms with Gasteiger partial charge in [-0.3, -0.25) is 9.59 Å². The van der Waals surface area contributed by atoms with Gasteiger partial charge in [0.05, 0.1) is 4.90 Å². The zero-order valence-corrected chi connectivity index (χ0v) is 19.0. The molecule has 0 saturated heterocycles. The maximum Gasteiger partial charge on any atom is 0.242 e. The number of aryl methyl sites for hydroxylation is 1. The average molecular weight is 456 g/mol. The number of fused-ring (bicyclic) bond motifs is 1. The maximum atomic E-state index is 13.2.